The monoisotopic (exact) mass is 613 g/mol. The molecule has 0 saturated heterocycles. The normalized spacial score (nSPS) is 11.8. The highest BCUT2D eigenvalue weighted by Gasteiger charge is 2.40. The smallest absolute Gasteiger partial charge is 0.408 e. The maximum Gasteiger partial charge on any atom is 0.408 e. The van der Waals surface area contributed by atoms with Crippen LogP contribution in [-0.4, -0.2) is 37.5 Å². The second-order valence-electron chi connectivity index (χ2n) is 12.7. The molecule has 0 aliphatic carbocycles. The number of carboxylic acid groups (broad SMARTS) is 1. The van der Waals surface area contributed by atoms with Crippen molar-refractivity contribution in [3.05, 3.63) is 115 Å². The Kier molecular flexibility index (Phi) is 7.69. The van der Waals surface area contributed by atoms with Crippen molar-refractivity contribution in [2.24, 2.45) is 0 Å². The lowest BCUT2D eigenvalue weighted by Gasteiger charge is -2.45. The third kappa shape index (κ3) is 5.87. The molecule has 0 bridgehead atoms. The molecule has 232 valence electrons. The number of hydrogen-bond acceptors (Lipinski definition) is 6. The molecule has 0 aliphatic heterocycles. The van der Waals surface area contributed by atoms with E-state index in [4.69, 9.17) is 4.42 Å². The summed E-state index contributed by atoms with van der Waals surface area (Å²) in [6, 6.07) is 30.2. The van der Waals surface area contributed by atoms with Gasteiger partial charge in [-0.2, -0.15) is 0 Å². The fourth-order valence-electron chi connectivity index (χ4n) is 6.03. The molecule has 6 rings (SSSR count). The number of para-hydroxylation sites is 2. The molecular formula is C37H35N5O4. The lowest BCUT2D eigenvalue weighted by atomic mass is 9.87. The summed E-state index contributed by atoms with van der Waals surface area (Å²) < 4.78 is 6.18. The van der Waals surface area contributed by atoms with Gasteiger partial charge in [0.25, 0.3) is 5.91 Å². The summed E-state index contributed by atoms with van der Waals surface area (Å²) in [4.78, 5) is 35.4. The van der Waals surface area contributed by atoms with Crippen molar-refractivity contribution >= 4 is 51.1 Å². The van der Waals surface area contributed by atoms with Crippen molar-refractivity contribution in [3.8, 4) is 11.3 Å². The minimum absolute atomic E-state index is 0.267. The van der Waals surface area contributed by atoms with Crippen LogP contribution in [0.1, 0.15) is 50.5 Å². The van der Waals surface area contributed by atoms with Gasteiger partial charge in [-0.3, -0.25) is 9.69 Å². The molecule has 2 amide bonds. The molecule has 0 fully saturated rings. The van der Waals surface area contributed by atoms with Crippen LogP contribution in [0.5, 0.6) is 0 Å². The Labute approximate surface area is 266 Å². The van der Waals surface area contributed by atoms with Crippen molar-refractivity contribution in [1.82, 2.24) is 14.9 Å². The molecule has 0 radical (unpaired) electrons. The highest BCUT2D eigenvalue weighted by atomic mass is 16.4. The van der Waals surface area contributed by atoms with Crippen molar-refractivity contribution in [2.45, 2.75) is 45.7 Å². The summed E-state index contributed by atoms with van der Waals surface area (Å²) in [6.45, 7) is 9.31. The number of aromatic nitrogens is 2. The molecule has 0 saturated carbocycles. The van der Waals surface area contributed by atoms with Gasteiger partial charge >= 0.3 is 6.09 Å². The molecule has 9 nitrogen and oxygen atoms in total. The zero-order chi connectivity index (χ0) is 32.6. The summed E-state index contributed by atoms with van der Waals surface area (Å²) in [5, 5.41) is 18.2. The van der Waals surface area contributed by atoms with Crippen LogP contribution >= 0.6 is 0 Å². The Morgan fingerprint density at radius 2 is 1.46 bits per heavy atom. The first kappa shape index (κ1) is 30.3. The number of carbonyl (C=O) groups is 2. The van der Waals surface area contributed by atoms with E-state index in [0.717, 1.165) is 44.4 Å². The molecule has 46 heavy (non-hydrogen) atoms. The highest BCUT2D eigenvalue weighted by Crippen LogP contribution is 2.36. The van der Waals surface area contributed by atoms with Crippen LogP contribution in [0.4, 0.5) is 22.0 Å². The van der Waals surface area contributed by atoms with Crippen molar-refractivity contribution in [2.75, 3.05) is 10.6 Å². The largest absolute Gasteiger partial charge is 0.465 e. The van der Waals surface area contributed by atoms with Gasteiger partial charge in [-0.15, -0.1) is 0 Å². The van der Waals surface area contributed by atoms with Gasteiger partial charge in [-0.25, -0.2) is 14.8 Å². The molecule has 0 unspecified atom stereocenters. The van der Waals surface area contributed by atoms with Crippen LogP contribution < -0.4 is 10.6 Å². The van der Waals surface area contributed by atoms with Gasteiger partial charge in [-0.1, -0.05) is 42.5 Å². The number of nitrogens with one attached hydrogen (secondary N) is 2. The average molecular weight is 614 g/mol. The number of amides is 2. The van der Waals surface area contributed by atoms with E-state index in [1.54, 1.807) is 24.3 Å². The summed E-state index contributed by atoms with van der Waals surface area (Å²) in [7, 11) is 0. The van der Waals surface area contributed by atoms with Crippen molar-refractivity contribution in [1.29, 1.82) is 0 Å². The Hall–Kier alpha value is -5.70. The molecule has 4 aromatic carbocycles. The second-order valence-corrected chi connectivity index (χ2v) is 12.7. The average Bonchev–Trinajstić information content (AvgIpc) is 3.40. The molecule has 3 N–H and O–H groups in total. The minimum Gasteiger partial charge on any atom is -0.465 e. The van der Waals surface area contributed by atoms with E-state index in [2.05, 4.69) is 20.6 Å². The number of benzene rings is 4. The van der Waals surface area contributed by atoms with Crippen LogP contribution in [-0.2, 0) is 5.54 Å². The predicted octanol–water partition coefficient (Wildman–Crippen LogP) is 9.05. The SMILES string of the molecule is CC(C)(C)N(C(=O)O)C(C)(C)c1ccc(C(=O)Nc2ccc(Nc3cc(-c4cccc5c4oc4ccccc45)ncn3)cc2)cc1. The molecule has 6 aromatic rings. The molecule has 0 spiro atoms. The number of fused-ring (bicyclic) bond motifs is 3. The van der Waals surface area contributed by atoms with E-state index in [9.17, 15) is 14.7 Å². The van der Waals surface area contributed by atoms with Gasteiger partial charge in [-0.05, 0) is 88.7 Å². The summed E-state index contributed by atoms with van der Waals surface area (Å²) in [6.07, 6.45) is 0.514. The van der Waals surface area contributed by atoms with E-state index < -0.39 is 17.2 Å². The van der Waals surface area contributed by atoms with E-state index in [1.165, 1.54) is 11.2 Å². The first-order valence-electron chi connectivity index (χ1n) is 15.0. The third-order valence-electron chi connectivity index (χ3n) is 8.04. The highest BCUT2D eigenvalue weighted by molar-refractivity contribution is 6.09. The van der Waals surface area contributed by atoms with Gasteiger partial charge in [0.2, 0.25) is 0 Å². The maximum absolute atomic E-state index is 13.0. The van der Waals surface area contributed by atoms with Crippen LogP contribution in [0.15, 0.2) is 108 Å². The summed E-state index contributed by atoms with van der Waals surface area (Å²) >= 11 is 0. The minimum atomic E-state index is -1.00. The Bertz CT molecular complexity index is 2060. The van der Waals surface area contributed by atoms with Gasteiger partial charge in [0.15, 0.2) is 0 Å². The number of anilines is 3. The van der Waals surface area contributed by atoms with Crippen molar-refractivity contribution < 1.29 is 19.1 Å². The number of carbonyl (C=O) groups excluding carboxylic acids is 1. The predicted molar refractivity (Wildman–Crippen MR) is 182 cm³/mol. The van der Waals surface area contributed by atoms with E-state index in [-0.39, 0.29) is 5.91 Å². The van der Waals surface area contributed by atoms with Crippen LogP contribution in [0.25, 0.3) is 33.2 Å². The number of hydrogen-bond donors (Lipinski definition) is 3. The fourth-order valence-corrected chi connectivity index (χ4v) is 6.03. The van der Waals surface area contributed by atoms with Gasteiger partial charge in [0.1, 0.15) is 23.3 Å². The Morgan fingerprint density at radius 3 is 2.15 bits per heavy atom. The van der Waals surface area contributed by atoms with E-state index in [0.29, 0.717) is 17.1 Å². The lowest BCUT2D eigenvalue weighted by molar-refractivity contribution is 0.0313. The molecule has 0 aliphatic rings. The van der Waals surface area contributed by atoms with E-state index in [1.807, 2.05) is 107 Å². The summed E-state index contributed by atoms with van der Waals surface area (Å²) in [5.41, 5.74) is 4.48. The van der Waals surface area contributed by atoms with Gasteiger partial charge in [0, 0.05) is 44.9 Å². The lowest BCUT2D eigenvalue weighted by Crippen LogP contribution is -2.54. The second kappa shape index (κ2) is 11.7. The molecule has 2 aromatic heterocycles. The van der Waals surface area contributed by atoms with Gasteiger partial charge < -0.3 is 20.2 Å². The van der Waals surface area contributed by atoms with Crippen LogP contribution in [0, 0.1) is 0 Å². The summed E-state index contributed by atoms with van der Waals surface area (Å²) in [5.74, 6) is 0.349. The topological polar surface area (TPSA) is 121 Å². The van der Waals surface area contributed by atoms with Crippen LogP contribution in [0.3, 0.4) is 0 Å². The standard InChI is InChI=1S/C37H35N5O4/c1-36(2,3)42(35(44)45)37(4,5)24-15-13-23(14-16-24)34(43)41-26-19-17-25(18-20-26)40-32-21-30(38-22-39-32)29-11-8-10-28-27-9-6-7-12-31(27)46-33(28)29/h6-22H,1-5H3,(H,41,43)(H,44,45)(H,38,39,40). The maximum atomic E-state index is 13.0. The third-order valence-corrected chi connectivity index (χ3v) is 8.04. The first-order chi connectivity index (χ1) is 21.9. The van der Waals surface area contributed by atoms with Crippen molar-refractivity contribution in [3.63, 3.8) is 0 Å². The molecular weight excluding hydrogens is 578 g/mol. The number of nitrogens with zero attached hydrogens (tertiary/aromatic N) is 3. The zero-order valence-electron chi connectivity index (χ0n) is 26.3. The molecule has 2 heterocycles. The molecule has 9 heteroatoms. The number of rotatable bonds is 7. The first-order valence-corrected chi connectivity index (χ1v) is 15.0. The fraction of sp³-hybridized carbons (Fsp3) is 0.189. The van der Waals surface area contributed by atoms with Crippen LogP contribution in [0.2, 0.25) is 0 Å². The quantitative estimate of drug-likeness (QED) is 0.164. The molecule has 0 atom stereocenters. The zero-order valence-corrected chi connectivity index (χ0v) is 26.3. The number of furan rings is 1. The Morgan fingerprint density at radius 1 is 0.783 bits per heavy atom. The van der Waals surface area contributed by atoms with E-state index >= 15 is 0 Å². The van der Waals surface area contributed by atoms with Gasteiger partial charge in [0.05, 0.1) is 11.2 Å². The Balaban J connectivity index is 1.14.